The minimum atomic E-state index is -0.601. The van der Waals surface area contributed by atoms with Crippen molar-refractivity contribution in [1.82, 2.24) is 9.88 Å². The van der Waals surface area contributed by atoms with Gasteiger partial charge in [-0.05, 0) is 11.0 Å². The number of nitrogens with one attached hydrogen (secondary N) is 1. The molecular weight excluding hydrogens is 282 g/mol. The zero-order valence-electron chi connectivity index (χ0n) is 11.4. The molecule has 1 aliphatic rings. The molecule has 0 bridgehead atoms. The topological polar surface area (TPSA) is 115 Å². The van der Waals surface area contributed by atoms with E-state index in [0.717, 1.165) is 0 Å². The molecule has 9 heteroatoms. The lowest BCUT2D eigenvalue weighted by Gasteiger charge is -2.31. The van der Waals surface area contributed by atoms with E-state index in [9.17, 15) is 19.7 Å². The number of morpholine rings is 1. The maximum atomic E-state index is 12.2. The highest BCUT2D eigenvalue weighted by molar-refractivity contribution is 5.93. The van der Waals surface area contributed by atoms with Gasteiger partial charge in [0.05, 0.1) is 26.2 Å². The van der Waals surface area contributed by atoms with Crippen LogP contribution >= 0.6 is 0 Å². The first kappa shape index (κ1) is 15.0. The van der Waals surface area contributed by atoms with Crippen molar-refractivity contribution in [2.24, 2.45) is 0 Å². The van der Waals surface area contributed by atoms with Crippen molar-refractivity contribution in [3.8, 4) is 0 Å². The van der Waals surface area contributed by atoms with Crippen LogP contribution in [0.2, 0.25) is 0 Å². The van der Waals surface area contributed by atoms with Gasteiger partial charge in [-0.1, -0.05) is 0 Å². The van der Waals surface area contributed by atoms with E-state index in [1.54, 1.807) is 0 Å². The number of rotatable bonds is 4. The van der Waals surface area contributed by atoms with Crippen LogP contribution in [0, 0.1) is 10.1 Å². The fourth-order valence-corrected chi connectivity index (χ4v) is 2.08. The summed E-state index contributed by atoms with van der Waals surface area (Å²) in [5.74, 6) is -1.01. The molecule has 1 N–H and O–H groups in total. The molecule has 2 heterocycles. The number of nitrogens with zero attached hydrogens (tertiary/aromatic N) is 2. The van der Waals surface area contributed by atoms with Crippen LogP contribution < -0.4 is 0 Å². The zero-order chi connectivity index (χ0) is 15.4. The SMILES string of the molecule is COC(=O)CC1CN(C(=O)c2ccc([N+](=O)[O-])[nH]2)CCO1. The van der Waals surface area contributed by atoms with Crippen LogP contribution in [0.15, 0.2) is 12.1 Å². The number of hydrogen-bond acceptors (Lipinski definition) is 6. The van der Waals surface area contributed by atoms with Crippen molar-refractivity contribution >= 4 is 17.7 Å². The summed E-state index contributed by atoms with van der Waals surface area (Å²) in [6.45, 7) is 0.903. The van der Waals surface area contributed by atoms with Gasteiger partial charge in [0.1, 0.15) is 0 Å². The zero-order valence-corrected chi connectivity index (χ0v) is 11.4. The van der Waals surface area contributed by atoms with E-state index in [4.69, 9.17) is 4.74 Å². The van der Waals surface area contributed by atoms with Gasteiger partial charge in [-0.3, -0.25) is 9.59 Å². The molecule has 1 aliphatic heterocycles. The van der Waals surface area contributed by atoms with Crippen LogP contribution in [-0.4, -0.2) is 59.6 Å². The predicted molar refractivity (Wildman–Crippen MR) is 69.7 cm³/mol. The highest BCUT2D eigenvalue weighted by Gasteiger charge is 2.29. The second kappa shape index (κ2) is 6.35. The first-order chi connectivity index (χ1) is 10.0. The third-order valence-electron chi connectivity index (χ3n) is 3.15. The van der Waals surface area contributed by atoms with E-state index in [0.29, 0.717) is 13.2 Å². The first-order valence-electron chi connectivity index (χ1n) is 6.32. The van der Waals surface area contributed by atoms with Crippen molar-refractivity contribution in [2.45, 2.75) is 12.5 Å². The second-order valence-electron chi connectivity index (χ2n) is 4.54. The Morgan fingerprint density at radius 3 is 2.95 bits per heavy atom. The van der Waals surface area contributed by atoms with Crippen LogP contribution in [0.4, 0.5) is 5.82 Å². The van der Waals surface area contributed by atoms with Gasteiger partial charge in [0.2, 0.25) is 0 Å². The molecule has 1 aromatic heterocycles. The maximum absolute atomic E-state index is 12.2. The summed E-state index contributed by atoms with van der Waals surface area (Å²) < 4.78 is 9.96. The summed E-state index contributed by atoms with van der Waals surface area (Å²) in [7, 11) is 1.28. The minimum absolute atomic E-state index is 0.0607. The number of esters is 1. The molecule has 9 nitrogen and oxygen atoms in total. The lowest BCUT2D eigenvalue weighted by Crippen LogP contribution is -2.46. The Kier molecular flexibility index (Phi) is 4.53. The molecule has 1 saturated heterocycles. The predicted octanol–water partition coefficient (Wildman–Crippen LogP) is 0.327. The molecular formula is C12H15N3O6. The Morgan fingerprint density at radius 1 is 1.57 bits per heavy atom. The Bertz CT molecular complexity index is 555. The van der Waals surface area contributed by atoms with Crippen molar-refractivity contribution in [2.75, 3.05) is 26.8 Å². The lowest BCUT2D eigenvalue weighted by atomic mass is 10.2. The summed E-state index contributed by atoms with van der Waals surface area (Å²) in [6.07, 6.45) is -0.370. The summed E-state index contributed by atoms with van der Waals surface area (Å²) in [4.78, 5) is 37.4. The summed E-state index contributed by atoms with van der Waals surface area (Å²) in [5.41, 5.74) is 0.139. The molecule has 1 fully saturated rings. The van der Waals surface area contributed by atoms with Gasteiger partial charge in [-0.15, -0.1) is 0 Å². The molecule has 1 amide bonds. The van der Waals surface area contributed by atoms with Gasteiger partial charge >= 0.3 is 11.8 Å². The van der Waals surface area contributed by atoms with Crippen LogP contribution in [0.3, 0.4) is 0 Å². The van der Waals surface area contributed by atoms with E-state index in [-0.39, 0.29) is 30.4 Å². The van der Waals surface area contributed by atoms with Crippen molar-refractivity contribution < 1.29 is 24.0 Å². The summed E-state index contributed by atoms with van der Waals surface area (Å²) in [5, 5.41) is 10.6. The number of methoxy groups -OCH3 is 1. The quantitative estimate of drug-likeness (QED) is 0.486. The van der Waals surface area contributed by atoms with Gasteiger partial charge in [0.15, 0.2) is 5.69 Å². The van der Waals surface area contributed by atoms with Crippen LogP contribution in [0.25, 0.3) is 0 Å². The van der Waals surface area contributed by atoms with E-state index in [1.807, 2.05) is 0 Å². The van der Waals surface area contributed by atoms with E-state index in [1.165, 1.54) is 24.1 Å². The van der Waals surface area contributed by atoms with Gasteiger partial charge in [0.25, 0.3) is 5.91 Å². The molecule has 1 aromatic rings. The number of H-pyrrole nitrogens is 1. The molecule has 1 atom stereocenters. The van der Waals surface area contributed by atoms with E-state index >= 15 is 0 Å². The van der Waals surface area contributed by atoms with Gasteiger partial charge in [0, 0.05) is 19.2 Å². The number of aromatic amines is 1. The second-order valence-corrected chi connectivity index (χ2v) is 4.54. The Hall–Kier alpha value is -2.42. The molecule has 0 radical (unpaired) electrons. The number of hydrogen-bond donors (Lipinski definition) is 1. The number of aromatic nitrogens is 1. The van der Waals surface area contributed by atoms with Crippen LogP contribution in [0.5, 0.6) is 0 Å². The molecule has 114 valence electrons. The van der Waals surface area contributed by atoms with Crippen molar-refractivity contribution in [3.63, 3.8) is 0 Å². The fourth-order valence-electron chi connectivity index (χ4n) is 2.08. The average molecular weight is 297 g/mol. The first-order valence-corrected chi connectivity index (χ1v) is 6.32. The lowest BCUT2D eigenvalue weighted by molar-refractivity contribution is -0.389. The number of carbonyl (C=O) groups excluding carboxylic acids is 2. The standard InChI is InChI=1S/C12H15N3O6/c1-20-11(16)6-8-7-14(4-5-21-8)12(17)9-2-3-10(13-9)15(18)19/h2-3,8,13H,4-7H2,1H3. The molecule has 21 heavy (non-hydrogen) atoms. The van der Waals surface area contributed by atoms with Crippen molar-refractivity contribution in [3.05, 3.63) is 27.9 Å². The highest BCUT2D eigenvalue weighted by Crippen LogP contribution is 2.15. The third-order valence-corrected chi connectivity index (χ3v) is 3.15. The normalized spacial score (nSPS) is 18.3. The van der Waals surface area contributed by atoms with E-state index in [2.05, 4.69) is 9.72 Å². The number of ether oxygens (including phenoxy) is 2. The van der Waals surface area contributed by atoms with E-state index < -0.39 is 17.0 Å². The van der Waals surface area contributed by atoms with Crippen LogP contribution in [-0.2, 0) is 14.3 Å². The average Bonchev–Trinajstić information content (AvgIpc) is 2.96. The summed E-state index contributed by atoms with van der Waals surface area (Å²) in [6, 6.07) is 2.60. The highest BCUT2D eigenvalue weighted by atomic mass is 16.6. The number of amides is 1. The van der Waals surface area contributed by atoms with Gasteiger partial charge in [-0.2, -0.15) is 0 Å². The fraction of sp³-hybridized carbons (Fsp3) is 0.500. The Balaban J connectivity index is 2.01. The molecule has 0 aliphatic carbocycles. The minimum Gasteiger partial charge on any atom is -0.469 e. The van der Waals surface area contributed by atoms with Gasteiger partial charge in [-0.25, -0.2) is 4.98 Å². The smallest absolute Gasteiger partial charge is 0.321 e. The molecule has 0 aromatic carbocycles. The van der Waals surface area contributed by atoms with Crippen LogP contribution in [0.1, 0.15) is 16.9 Å². The van der Waals surface area contributed by atoms with Gasteiger partial charge < -0.3 is 24.5 Å². The number of carbonyl (C=O) groups is 2. The third kappa shape index (κ3) is 3.57. The Labute approximate surface area is 120 Å². The molecule has 2 rings (SSSR count). The summed E-state index contributed by atoms with van der Waals surface area (Å²) >= 11 is 0. The molecule has 0 saturated carbocycles. The Morgan fingerprint density at radius 2 is 2.33 bits per heavy atom. The van der Waals surface area contributed by atoms with Crippen molar-refractivity contribution in [1.29, 1.82) is 0 Å². The number of nitro groups is 1. The monoisotopic (exact) mass is 297 g/mol. The largest absolute Gasteiger partial charge is 0.469 e. The maximum Gasteiger partial charge on any atom is 0.321 e. The molecule has 0 spiro atoms. The molecule has 1 unspecified atom stereocenters.